The second-order valence-corrected chi connectivity index (χ2v) is 1.53. The van der Waals surface area contributed by atoms with Gasteiger partial charge in [-0.2, -0.15) is 0 Å². The van der Waals surface area contributed by atoms with E-state index in [2.05, 4.69) is 0 Å². The van der Waals surface area contributed by atoms with Crippen molar-refractivity contribution in [3.63, 3.8) is 0 Å². The fourth-order valence-corrected chi connectivity index (χ4v) is 0.469. The van der Waals surface area contributed by atoms with Crippen LogP contribution >= 0.6 is 0 Å². The molecule has 0 saturated carbocycles. The van der Waals surface area contributed by atoms with Crippen molar-refractivity contribution >= 4 is 0 Å². The summed E-state index contributed by atoms with van der Waals surface area (Å²) in [4.78, 5) is 0. The molecule has 1 aromatic heterocycles. The van der Waals surface area contributed by atoms with Crippen LogP contribution in [0, 0.1) is 0 Å². The number of nitrogen functional groups attached to an aromatic ring is 1. The molecule has 0 radical (unpaired) electrons. The summed E-state index contributed by atoms with van der Waals surface area (Å²) in [7, 11) is 1.92. The standard InChI is InChI=1S/C4H8N3/c1-6-2-3-7(5)4-6/h2-4H,5H2,1H3/q+1. The Morgan fingerprint density at radius 3 is 2.57 bits per heavy atom. The molecule has 0 saturated heterocycles. The molecular weight excluding hydrogens is 90.1 g/mol. The van der Waals surface area contributed by atoms with Crippen LogP contribution in [-0.2, 0) is 7.05 Å². The maximum Gasteiger partial charge on any atom is 0.266 e. The third kappa shape index (κ3) is 0.707. The largest absolute Gasteiger partial charge is 0.269 e. The lowest BCUT2D eigenvalue weighted by Crippen LogP contribution is -2.24. The van der Waals surface area contributed by atoms with Gasteiger partial charge in [0.2, 0.25) is 0 Å². The predicted molar refractivity (Wildman–Crippen MR) is 25.8 cm³/mol. The van der Waals surface area contributed by atoms with Gasteiger partial charge in [-0.05, 0) is 0 Å². The Balaban J connectivity index is 3.04. The van der Waals surface area contributed by atoms with Crippen molar-refractivity contribution in [3.8, 4) is 0 Å². The molecule has 2 N–H and O–H groups in total. The molecule has 0 amide bonds. The molecule has 0 aromatic carbocycles. The van der Waals surface area contributed by atoms with E-state index >= 15 is 0 Å². The van der Waals surface area contributed by atoms with E-state index in [1.165, 1.54) is 4.68 Å². The summed E-state index contributed by atoms with van der Waals surface area (Å²) >= 11 is 0. The molecule has 7 heavy (non-hydrogen) atoms. The highest BCUT2D eigenvalue weighted by atomic mass is 15.3. The molecule has 0 aliphatic heterocycles. The van der Waals surface area contributed by atoms with Gasteiger partial charge in [0, 0.05) is 0 Å². The number of aromatic nitrogens is 2. The summed E-state index contributed by atoms with van der Waals surface area (Å²) in [5.74, 6) is 5.27. The van der Waals surface area contributed by atoms with Gasteiger partial charge >= 0.3 is 0 Å². The molecule has 1 heterocycles. The number of hydrogen-bond acceptors (Lipinski definition) is 1. The molecule has 1 rings (SSSR count). The summed E-state index contributed by atoms with van der Waals surface area (Å²) < 4.78 is 3.38. The minimum atomic E-state index is 1.50. The average Bonchev–Trinajstić information content (AvgIpc) is 1.87. The van der Waals surface area contributed by atoms with Crippen molar-refractivity contribution in [1.29, 1.82) is 0 Å². The summed E-state index contributed by atoms with van der Waals surface area (Å²) in [5, 5.41) is 0. The van der Waals surface area contributed by atoms with Crippen molar-refractivity contribution < 1.29 is 4.57 Å². The maximum absolute atomic E-state index is 5.27. The van der Waals surface area contributed by atoms with E-state index < -0.39 is 0 Å². The van der Waals surface area contributed by atoms with Gasteiger partial charge in [0.15, 0.2) is 6.20 Å². The molecule has 0 unspecified atom stereocenters. The van der Waals surface area contributed by atoms with Gasteiger partial charge in [-0.3, -0.25) is 5.84 Å². The summed E-state index contributed by atoms with van der Waals surface area (Å²) in [5.41, 5.74) is 0. The predicted octanol–water partition coefficient (Wildman–Crippen LogP) is -0.974. The molecule has 0 spiro atoms. The quantitative estimate of drug-likeness (QED) is 0.329. The molecule has 0 aliphatic carbocycles. The van der Waals surface area contributed by atoms with E-state index in [4.69, 9.17) is 5.84 Å². The average molecular weight is 98.1 g/mol. The first-order valence-electron chi connectivity index (χ1n) is 2.07. The van der Waals surface area contributed by atoms with Crippen LogP contribution in [0.1, 0.15) is 0 Å². The first-order chi connectivity index (χ1) is 3.29. The first-order valence-corrected chi connectivity index (χ1v) is 2.07. The van der Waals surface area contributed by atoms with Gasteiger partial charge in [0.1, 0.15) is 6.20 Å². The third-order valence-corrected chi connectivity index (χ3v) is 0.789. The minimum absolute atomic E-state index is 1.50. The second-order valence-electron chi connectivity index (χ2n) is 1.53. The number of nitrogens with zero attached hydrogens (tertiary/aromatic N) is 2. The number of nitrogens with two attached hydrogens (primary N) is 1. The molecular formula is C4H8N3+. The Labute approximate surface area is 42.0 Å². The van der Waals surface area contributed by atoms with Crippen LogP contribution in [0.2, 0.25) is 0 Å². The molecule has 0 aliphatic rings. The Kier molecular flexibility index (Phi) is 0.749. The van der Waals surface area contributed by atoms with E-state index in [0.717, 1.165) is 0 Å². The monoisotopic (exact) mass is 98.1 g/mol. The highest BCUT2D eigenvalue weighted by Gasteiger charge is 1.88. The van der Waals surface area contributed by atoms with E-state index in [0.29, 0.717) is 0 Å². The number of hydrogen-bond donors (Lipinski definition) is 1. The highest BCUT2D eigenvalue weighted by molar-refractivity contribution is 4.62. The van der Waals surface area contributed by atoms with Gasteiger partial charge < -0.3 is 0 Å². The maximum atomic E-state index is 5.27. The SMILES string of the molecule is C[n+]1ccn(N)c1. The van der Waals surface area contributed by atoms with E-state index in [9.17, 15) is 0 Å². The van der Waals surface area contributed by atoms with Gasteiger partial charge in [-0.1, -0.05) is 0 Å². The molecule has 3 nitrogen and oxygen atoms in total. The molecule has 0 fully saturated rings. The van der Waals surface area contributed by atoms with Gasteiger partial charge in [-0.15, -0.1) is 4.68 Å². The summed E-state index contributed by atoms with van der Waals surface area (Å²) in [6.45, 7) is 0. The van der Waals surface area contributed by atoms with Crippen LogP contribution in [0.5, 0.6) is 0 Å². The van der Waals surface area contributed by atoms with E-state index in [1.54, 1.807) is 12.5 Å². The summed E-state index contributed by atoms with van der Waals surface area (Å²) in [6.07, 6.45) is 5.43. The van der Waals surface area contributed by atoms with E-state index in [1.807, 2.05) is 17.8 Å². The Hall–Kier alpha value is -0.990. The van der Waals surface area contributed by atoms with Crippen LogP contribution < -0.4 is 10.4 Å². The zero-order chi connectivity index (χ0) is 5.28. The number of aryl methyl sites for hydroxylation is 1. The second kappa shape index (κ2) is 1.26. The third-order valence-electron chi connectivity index (χ3n) is 0.789. The number of imidazole rings is 1. The van der Waals surface area contributed by atoms with Crippen molar-refractivity contribution in [3.05, 3.63) is 18.7 Å². The zero-order valence-electron chi connectivity index (χ0n) is 4.20. The topological polar surface area (TPSA) is 34.8 Å². The Bertz CT molecular complexity index is 139. The lowest BCUT2D eigenvalue weighted by atomic mass is 10.9. The Morgan fingerprint density at radius 1 is 1.71 bits per heavy atom. The van der Waals surface area contributed by atoms with Crippen LogP contribution in [0.25, 0.3) is 0 Å². The number of rotatable bonds is 0. The van der Waals surface area contributed by atoms with Crippen LogP contribution in [0.15, 0.2) is 18.7 Å². The first kappa shape index (κ1) is 4.18. The van der Waals surface area contributed by atoms with Crippen molar-refractivity contribution in [1.82, 2.24) is 4.68 Å². The normalized spacial score (nSPS) is 9.29. The van der Waals surface area contributed by atoms with Crippen LogP contribution in [0.3, 0.4) is 0 Å². The van der Waals surface area contributed by atoms with Gasteiger partial charge in [0.05, 0.1) is 7.05 Å². The van der Waals surface area contributed by atoms with Crippen molar-refractivity contribution in [2.24, 2.45) is 7.05 Å². The zero-order valence-corrected chi connectivity index (χ0v) is 4.20. The molecule has 3 heteroatoms. The fraction of sp³-hybridized carbons (Fsp3) is 0.250. The molecule has 0 atom stereocenters. The summed E-state index contributed by atoms with van der Waals surface area (Å²) in [6, 6.07) is 0. The molecule has 0 bridgehead atoms. The van der Waals surface area contributed by atoms with Crippen LogP contribution in [-0.4, -0.2) is 4.68 Å². The lowest BCUT2D eigenvalue weighted by Gasteiger charge is -1.73. The van der Waals surface area contributed by atoms with Gasteiger partial charge in [0.25, 0.3) is 6.33 Å². The Morgan fingerprint density at radius 2 is 2.43 bits per heavy atom. The lowest BCUT2D eigenvalue weighted by molar-refractivity contribution is -0.670. The molecule has 1 aromatic rings. The minimum Gasteiger partial charge on any atom is -0.269 e. The molecule has 38 valence electrons. The smallest absolute Gasteiger partial charge is 0.266 e. The van der Waals surface area contributed by atoms with Crippen LogP contribution in [0.4, 0.5) is 0 Å². The van der Waals surface area contributed by atoms with Gasteiger partial charge in [-0.25, -0.2) is 4.57 Å². The highest BCUT2D eigenvalue weighted by Crippen LogP contribution is 1.66. The fourth-order valence-electron chi connectivity index (χ4n) is 0.469. The van der Waals surface area contributed by atoms with Crippen molar-refractivity contribution in [2.75, 3.05) is 5.84 Å². The van der Waals surface area contributed by atoms with Crippen molar-refractivity contribution in [2.45, 2.75) is 0 Å². The van der Waals surface area contributed by atoms with E-state index in [-0.39, 0.29) is 0 Å².